The molecule has 0 bridgehead atoms. The average molecular weight is 259 g/mol. The molecule has 0 spiro atoms. The van der Waals surface area contributed by atoms with Crippen LogP contribution in [0.1, 0.15) is 11.1 Å². The molecule has 0 radical (unpaired) electrons. The molecule has 0 fully saturated rings. The highest BCUT2D eigenvalue weighted by Crippen LogP contribution is 2.30. The Labute approximate surface area is 110 Å². The Balaban J connectivity index is 1.86. The van der Waals surface area contributed by atoms with Crippen LogP contribution >= 0.6 is 0 Å². The maximum absolute atomic E-state index is 13.2. The molecule has 1 aliphatic heterocycles. The van der Waals surface area contributed by atoms with Crippen LogP contribution in [-0.2, 0) is 13.0 Å². The van der Waals surface area contributed by atoms with Gasteiger partial charge in [-0.25, -0.2) is 9.37 Å². The van der Waals surface area contributed by atoms with Gasteiger partial charge in [0.05, 0.1) is 0 Å². The molecule has 1 aromatic carbocycles. The first-order valence-electron chi connectivity index (χ1n) is 6.04. The first-order valence-corrected chi connectivity index (χ1v) is 6.04. The number of hydrogen-bond acceptors (Lipinski definition) is 5. The van der Waals surface area contributed by atoms with Crippen molar-refractivity contribution in [2.45, 2.75) is 13.0 Å². The minimum absolute atomic E-state index is 0.171. The predicted octanol–water partition coefficient (Wildman–Crippen LogP) is 1.34. The monoisotopic (exact) mass is 259 g/mol. The molecule has 0 aliphatic carbocycles. The number of nitrogens with two attached hydrogens (primary N) is 2. The van der Waals surface area contributed by atoms with Crippen molar-refractivity contribution in [3.8, 4) is 0 Å². The third-order valence-corrected chi connectivity index (χ3v) is 3.31. The Bertz CT molecular complexity index is 628. The summed E-state index contributed by atoms with van der Waals surface area (Å²) < 4.78 is 13.2. The van der Waals surface area contributed by atoms with Gasteiger partial charge in [0.15, 0.2) is 0 Å². The summed E-state index contributed by atoms with van der Waals surface area (Å²) in [6.45, 7) is 1.44. The summed E-state index contributed by atoms with van der Waals surface area (Å²) >= 11 is 0. The lowest BCUT2D eigenvalue weighted by Crippen LogP contribution is -2.21. The van der Waals surface area contributed by atoms with E-state index in [0.29, 0.717) is 12.4 Å². The number of hydrogen-bond donors (Lipinski definition) is 2. The first-order chi connectivity index (χ1) is 9.13. The maximum atomic E-state index is 13.2. The summed E-state index contributed by atoms with van der Waals surface area (Å²) in [6.07, 6.45) is 2.47. The predicted molar refractivity (Wildman–Crippen MR) is 72.0 cm³/mol. The summed E-state index contributed by atoms with van der Waals surface area (Å²) in [5.41, 5.74) is 14.2. The highest BCUT2D eigenvalue weighted by Gasteiger charge is 2.20. The molecule has 6 heteroatoms. The number of nitrogen functional groups attached to an aromatic ring is 2. The number of rotatable bonds is 2. The van der Waals surface area contributed by atoms with Crippen LogP contribution in [0.25, 0.3) is 0 Å². The van der Waals surface area contributed by atoms with Gasteiger partial charge in [-0.3, -0.25) is 0 Å². The van der Waals surface area contributed by atoms with Crippen LogP contribution in [0.4, 0.5) is 21.8 Å². The van der Waals surface area contributed by atoms with Crippen LogP contribution < -0.4 is 16.4 Å². The van der Waals surface area contributed by atoms with Gasteiger partial charge in [0.25, 0.3) is 0 Å². The second-order valence-corrected chi connectivity index (χ2v) is 4.58. The SMILES string of the molecule is Nc1ncc(CN2CCc3cc(F)ccc32)c(N)n1. The molecule has 98 valence electrons. The van der Waals surface area contributed by atoms with Crippen LogP contribution in [0.3, 0.4) is 0 Å². The summed E-state index contributed by atoms with van der Waals surface area (Å²) in [5.74, 6) is 0.365. The topological polar surface area (TPSA) is 81.1 Å². The molecule has 0 amide bonds. The third-order valence-electron chi connectivity index (χ3n) is 3.31. The zero-order valence-electron chi connectivity index (χ0n) is 10.3. The fraction of sp³-hybridized carbons (Fsp3) is 0.231. The number of nitrogens with zero attached hydrogens (tertiary/aromatic N) is 3. The lowest BCUT2D eigenvalue weighted by Gasteiger charge is -2.19. The maximum Gasteiger partial charge on any atom is 0.221 e. The van der Waals surface area contributed by atoms with E-state index >= 15 is 0 Å². The van der Waals surface area contributed by atoms with E-state index in [1.165, 1.54) is 6.07 Å². The molecule has 5 nitrogen and oxygen atoms in total. The van der Waals surface area contributed by atoms with E-state index in [0.717, 1.165) is 29.8 Å². The van der Waals surface area contributed by atoms with Crippen molar-refractivity contribution in [2.75, 3.05) is 22.9 Å². The van der Waals surface area contributed by atoms with Crippen LogP contribution in [-0.4, -0.2) is 16.5 Å². The number of fused-ring (bicyclic) bond motifs is 1. The first kappa shape index (κ1) is 11.7. The standard InChI is InChI=1S/C13H14FN5/c14-10-1-2-11-8(5-10)3-4-19(11)7-9-6-17-13(16)18-12(9)15/h1-2,5-6H,3-4,7H2,(H4,15,16,17,18). The van der Waals surface area contributed by atoms with Crippen LogP contribution in [0.5, 0.6) is 0 Å². The van der Waals surface area contributed by atoms with Crippen molar-refractivity contribution in [3.63, 3.8) is 0 Å². The smallest absolute Gasteiger partial charge is 0.221 e. The minimum atomic E-state index is -0.198. The normalized spacial score (nSPS) is 13.6. The Morgan fingerprint density at radius 1 is 1.32 bits per heavy atom. The molecule has 2 aromatic rings. The molecule has 0 unspecified atom stereocenters. The minimum Gasteiger partial charge on any atom is -0.383 e. The fourth-order valence-electron chi connectivity index (χ4n) is 2.36. The van der Waals surface area contributed by atoms with Gasteiger partial charge in [-0.15, -0.1) is 0 Å². The largest absolute Gasteiger partial charge is 0.383 e. The fourth-order valence-corrected chi connectivity index (χ4v) is 2.36. The zero-order valence-corrected chi connectivity index (χ0v) is 10.3. The number of halogens is 1. The van der Waals surface area contributed by atoms with Gasteiger partial charge >= 0.3 is 0 Å². The molecule has 3 rings (SSSR count). The van der Waals surface area contributed by atoms with Crippen molar-refractivity contribution in [2.24, 2.45) is 0 Å². The second-order valence-electron chi connectivity index (χ2n) is 4.58. The zero-order chi connectivity index (χ0) is 13.4. The number of benzene rings is 1. The van der Waals surface area contributed by atoms with Crippen LogP contribution in [0, 0.1) is 5.82 Å². The summed E-state index contributed by atoms with van der Waals surface area (Å²) in [4.78, 5) is 10.0. The lowest BCUT2D eigenvalue weighted by atomic mass is 10.1. The van der Waals surface area contributed by atoms with E-state index in [-0.39, 0.29) is 11.8 Å². The second kappa shape index (κ2) is 4.38. The summed E-state index contributed by atoms with van der Waals surface area (Å²) in [6, 6.07) is 4.85. The van der Waals surface area contributed by atoms with Gasteiger partial charge < -0.3 is 16.4 Å². The van der Waals surface area contributed by atoms with E-state index < -0.39 is 0 Å². The Hall–Kier alpha value is -2.37. The van der Waals surface area contributed by atoms with Crippen molar-refractivity contribution in [3.05, 3.63) is 41.3 Å². The van der Waals surface area contributed by atoms with Gasteiger partial charge in [0.2, 0.25) is 5.95 Å². The van der Waals surface area contributed by atoms with Crippen LogP contribution in [0.15, 0.2) is 24.4 Å². The molecule has 1 aromatic heterocycles. The quantitative estimate of drug-likeness (QED) is 0.850. The van der Waals surface area contributed by atoms with Gasteiger partial charge in [-0.2, -0.15) is 4.98 Å². The Morgan fingerprint density at radius 2 is 2.16 bits per heavy atom. The van der Waals surface area contributed by atoms with Gasteiger partial charge in [0.1, 0.15) is 11.6 Å². The van der Waals surface area contributed by atoms with Gasteiger partial charge in [-0.05, 0) is 30.2 Å². The Morgan fingerprint density at radius 3 is 2.95 bits per heavy atom. The highest BCUT2D eigenvalue weighted by atomic mass is 19.1. The molecular formula is C13H14FN5. The van der Waals surface area contributed by atoms with E-state index in [1.807, 2.05) is 0 Å². The van der Waals surface area contributed by atoms with E-state index in [1.54, 1.807) is 18.3 Å². The molecule has 0 saturated carbocycles. The molecule has 2 heterocycles. The lowest BCUT2D eigenvalue weighted by molar-refractivity contribution is 0.626. The number of aromatic nitrogens is 2. The molecule has 4 N–H and O–H groups in total. The average Bonchev–Trinajstić information content (AvgIpc) is 2.75. The Kier molecular flexibility index (Phi) is 2.70. The van der Waals surface area contributed by atoms with Crippen molar-refractivity contribution >= 4 is 17.5 Å². The van der Waals surface area contributed by atoms with Crippen molar-refractivity contribution in [1.29, 1.82) is 0 Å². The van der Waals surface area contributed by atoms with Gasteiger partial charge in [-0.1, -0.05) is 0 Å². The molecule has 0 saturated heterocycles. The van der Waals surface area contributed by atoms with Gasteiger partial charge in [0, 0.05) is 30.5 Å². The van der Waals surface area contributed by atoms with E-state index in [4.69, 9.17) is 11.5 Å². The number of anilines is 3. The molecule has 0 atom stereocenters. The molecule has 19 heavy (non-hydrogen) atoms. The third kappa shape index (κ3) is 2.16. The summed E-state index contributed by atoms with van der Waals surface area (Å²) in [7, 11) is 0. The van der Waals surface area contributed by atoms with Crippen LogP contribution in [0.2, 0.25) is 0 Å². The molecular weight excluding hydrogens is 245 g/mol. The van der Waals surface area contributed by atoms with E-state index in [9.17, 15) is 4.39 Å². The van der Waals surface area contributed by atoms with Crippen molar-refractivity contribution < 1.29 is 4.39 Å². The highest BCUT2D eigenvalue weighted by molar-refractivity contribution is 5.59. The van der Waals surface area contributed by atoms with Crippen molar-refractivity contribution in [1.82, 2.24) is 9.97 Å². The van der Waals surface area contributed by atoms with E-state index in [2.05, 4.69) is 14.9 Å². The summed E-state index contributed by atoms with van der Waals surface area (Å²) in [5, 5.41) is 0. The molecule has 1 aliphatic rings.